The summed E-state index contributed by atoms with van der Waals surface area (Å²) in [6.07, 6.45) is 11.8. The van der Waals surface area contributed by atoms with E-state index in [1.54, 1.807) is 0 Å². The van der Waals surface area contributed by atoms with Crippen LogP contribution in [0.3, 0.4) is 0 Å². The zero-order chi connectivity index (χ0) is 11.8. The number of hydrogen-bond acceptors (Lipinski definition) is 2. The molecule has 90 valence electrons. The maximum atomic E-state index is 11.7. The maximum Gasteiger partial charge on any atom is 0.178 e. The molecule has 17 heavy (non-hydrogen) atoms. The van der Waals surface area contributed by atoms with Crippen molar-refractivity contribution in [3.8, 4) is 0 Å². The van der Waals surface area contributed by atoms with Crippen LogP contribution in [0.2, 0.25) is 0 Å². The molecule has 0 aliphatic heterocycles. The van der Waals surface area contributed by atoms with E-state index < -0.39 is 0 Å². The minimum atomic E-state index is -0.0143. The minimum Gasteiger partial charge on any atom is -0.299 e. The molecular formula is C15H18O2. The largest absolute Gasteiger partial charge is 0.299 e. The number of hydrogen-bond donors (Lipinski definition) is 0. The summed E-state index contributed by atoms with van der Waals surface area (Å²) in [7, 11) is 0. The van der Waals surface area contributed by atoms with Gasteiger partial charge in [0.25, 0.3) is 0 Å². The molecule has 0 spiro atoms. The second kappa shape index (κ2) is 4.25. The van der Waals surface area contributed by atoms with Crippen LogP contribution in [0.4, 0.5) is 0 Å². The predicted octanol–water partition coefficient (Wildman–Crippen LogP) is 2.69. The molecule has 0 heterocycles. The van der Waals surface area contributed by atoms with E-state index in [1.807, 2.05) is 6.08 Å². The SMILES string of the molecule is O=C/C=C\C(=O)C=C1C2CC3CC(C2)CC1C3. The Morgan fingerprint density at radius 2 is 1.59 bits per heavy atom. The van der Waals surface area contributed by atoms with Gasteiger partial charge in [0.15, 0.2) is 5.78 Å². The summed E-state index contributed by atoms with van der Waals surface area (Å²) in [5.74, 6) is 3.17. The smallest absolute Gasteiger partial charge is 0.178 e. The van der Waals surface area contributed by atoms with Crippen molar-refractivity contribution in [1.29, 1.82) is 0 Å². The van der Waals surface area contributed by atoms with Gasteiger partial charge in [0.05, 0.1) is 0 Å². The summed E-state index contributed by atoms with van der Waals surface area (Å²) in [5.41, 5.74) is 1.39. The van der Waals surface area contributed by atoms with Gasteiger partial charge in [-0.25, -0.2) is 0 Å². The highest BCUT2D eigenvalue weighted by molar-refractivity contribution is 6.01. The first-order valence-electron chi connectivity index (χ1n) is 6.63. The number of carbonyl (C=O) groups is 2. The van der Waals surface area contributed by atoms with Crippen LogP contribution in [-0.2, 0) is 9.59 Å². The molecule has 2 nitrogen and oxygen atoms in total. The summed E-state index contributed by atoms with van der Waals surface area (Å²) >= 11 is 0. The van der Waals surface area contributed by atoms with Gasteiger partial charge in [0, 0.05) is 0 Å². The molecule has 4 aliphatic rings. The zero-order valence-corrected chi connectivity index (χ0v) is 9.97. The zero-order valence-electron chi connectivity index (χ0n) is 9.97. The molecule has 0 saturated heterocycles. The Labute approximate surface area is 102 Å². The van der Waals surface area contributed by atoms with Gasteiger partial charge in [0.1, 0.15) is 6.29 Å². The summed E-state index contributed by atoms with van der Waals surface area (Å²) in [6.45, 7) is 0. The predicted molar refractivity (Wildman–Crippen MR) is 65.3 cm³/mol. The quantitative estimate of drug-likeness (QED) is 0.552. The fraction of sp³-hybridized carbons (Fsp3) is 0.600. The van der Waals surface area contributed by atoms with Gasteiger partial charge in [0.2, 0.25) is 0 Å². The standard InChI is InChI=1S/C15H18O2/c16-3-1-2-14(17)9-15-12-5-10-4-11(7-12)8-13(15)6-10/h1-3,9-13H,4-8H2/b2-1-,15-9?. The molecule has 0 N–H and O–H groups in total. The van der Waals surface area contributed by atoms with E-state index in [2.05, 4.69) is 0 Å². The lowest BCUT2D eigenvalue weighted by molar-refractivity contribution is -0.111. The molecule has 0 unspecified atom stereocenters. The van der Waals surface area contributed by atoms with Crippen molar-refractivity contribution in [3.63, 3.8) is 0 Å². The van der Waals surface area contributed by atoms with Crippen LogP contribution >= 0.6 is 0 Å². The van der Waals surface area contributed by atoms with Crippen LogP contribution in [-0.4, -0.2) is 12.1 Å². The van der Waals surface area contributed by atoms with Gasteiger partial charge in [-0.05, 0) is 74.0 Å². The normalized spacial score (nSPS) is 38.7. The van der Waals surface area contributed by atoms with Gasteiger partial charge >= 0.3 is 0 Å². The van der Waals surface area contributed by atoms with E-state index in [4.69, 9.17) is 0 Å². The molecule has 0 atom stereocenters. The molecule has 0 radical (unpaired) electrons. The van der Waals surface area contributed by atoms with Crippen LogP contribution in [0, 0.1) is 23.7 Å². The summed E-state index contributed by atoms with van der Waals surface area (Å²) in [4.78, 5) is 21.9. The molecule has 0 aromatic heterocycles. The van der Waals surface area contributed by atoms with Gasteiger partial charge in [-0.15, -0.1) is 0 Å². The average Bonchev–Trinajstić information content (AvgIpc) is 2.30. The molecule has 4 saturated carbocycles. The third-order valence-electron chi connectivity index (χ3n) is 4.73. The Kier molecular flexibility index (Phi) is 2.73. The van der Waals surface area contributed by atoms with Gasteiger partial charge in [-0.1, -0.05) is 5.57 Å². The van der Waals surface area contributed by atoms with E-state index in [1.165, 1.54) is 49.8 Å². The van der Waals surface area contributed by atoms with Crippen molar-refractivity contribution in [3.05, 3.63) is 23.8 Å². The van der Waals surface area contributed by atoms with Crippen molar-refractivity contribution in [2.24, 2.45) is 23.7 Å². The Bertz CT molecular complexity index is 373. The monoisotopic (exact) mass is 230 g/mol. The van der Waals surface area contributed by atoms with E-state index in [0.717, 1.165) is 11.8 Å². The molecule has 0 amide bonds. The molecule has 2 heteroatoms. The molecule has 4 rings (SSSR count). The highest BCUT2D eigenvalue weighted by atomic mass is 16.1. The fourth-order valence-corrected chi connectivity index (χ4v) is 4.31. The Balaban J connectivity index is 1.79. The third kappa shape index (κ3) is 2.01. The first-order chi connectivity index (χ1) is 8.26. The number of aldehydes is 1. The highest BCUT2D eigenvalue weighted by Crippen LogP contribution is 2.56. The Morgan fingerprint density at radius 1 is 1.00 bits per heavy atom. The van der Waals surface area contributed by atoms with Crippen LogP contribution < -0.4 is 0 Å². The highest BCUT2D eigenvalue weighted by Gasteiger charge is 2.44. The minimum absolute atomic E-state index is 0.0143. The van der Waals surface area contributed by atoms with Crippen molar-refractivity contribution in [2.45, 2.75) is 32.1 Å². The van der Waals surface area contributed by atoms with Crippen molar-refractivity contribution in [1.82, 2.24) is 0 Å². The summed E-state index contributed by atoms with van der Waals surface area (Å²) in [6, 6.07) is 0. The van der Waals surface area contributed by atoms with Crippen molar-refractivity contribution in [2.75, 3.05) is 0 Å². The molecule has 0 aromatic carbocycles. The van der Waals surface area contributed by atoms with Gasteiger partial charge in [-0.3, -0.25) is 9.59 Å². The summed E-state index contributed by atoms with van der Waals surface area (Å²) in [5, 5.41) is 0. The first-order valence-corrected chi connectivity index (χ1v) is 6.63. The van der Waals surface area contributed by atoms with E-state index in [0.29, 0.717) is 18.1 Å². The van der Waals surface area contributed by atoms with Gasteiger partial charge in [-0.2, -0.15) is 0 Å². The molecule has 4 aliphatic carbocycles. The van der Waals surface area contributed by atoms with Gasteiger partial charge < -0.3 is 0 Å². The number of carbonyl (C=O) groups excluding carboxylic acids is 2. The number of allylic oxidation sites excluding steroid dienone is 4. The van der Waals surface area contributed by atoms with Crippen LogP contribution in [0.15, 0.2) is 23.8 Å². The Hall–Kier alpha value is -1.18. The number of rotatable bonds is 3. The van der Waals surface area contributed by atoms with Crippen molar-refractivity contribution >= 4 is 12.1 Å². The van der Waals surface area contributed by atoms with Crippen molar-refractivity contribution < 1.29 is 9.59 Å². The fourth-order valence-electron chi connectivity index (χ4n) is 4.31. The molecule has 4 fully saturated rings. The first kappa shape index (κ1) is 10.9. The van der Waals surface area contributed by atoms with E-state index in [9.17, 15) is 9.59 Å². The average molecular weight is 230 g/mol. The van der Waals surface area contributed by atoms with Crippen LogP contribution in [0.25, 0.3) is 0 Å². The van der Waals surface area contributed by atoms with Crippen LogP contribution in [0.1, 0.15) is 32.1 Å². The summed E-state index contributed by atoms with van der Waals surface area (Å²) < 4.78 is 0. The van der Waals surface area contributed by atoms with E-state index in [-0.39, 0.29) is 5.78 Å². The topological polar surface area (TPSA) is 34.1 Å². The second-order valence-electron chi connectivity index (χ2n) is 5.85. The lowest BCUT2D eigenvalue weighted by Crippen LogP contribution is -2.40. The lowest BCUT2D eigenvalue weighted by atomic mass is 9.54. The molecule has 4 bridgehead atoms. The molecule has 0 aromatic rings. The van der Waals surface area contributed by atoms with Crippen LogP contribution in [0.5, 0.6) is 0 Å². The Morgan fingerprint density at radius 3 is 2.12 bits per heavy atom. The second-order valence-corrected chi connectivity index (χ2v) is 5.85. The maximum absolute atomic E-state index is 11.7. The van der Waals surface area contributed by atoms with E-state index >= 15 is 0 Å². The number of ketones is 1. The third-order valence-corrected chi connectivity index (χ3v) is 4.73. The lowest BCUT2D eigenvalue weighted by Gasteiger charge is -2.51. The molecular weight excluding hydrogens is 212 g/mol.